The van der Waals surface area contributed by atoms with Crippen LogP contribution in [0.2, 0.25) is 0 Å². The fraction of sp³-hybridized carbons (Fsp3) is 0.481. The first kappa shape index (κ1) is 22.1. The second-order valence-electron chi connectivity index (χ2n) is 10.1. The van der Waals surface area contributed by atoms with E-state index in [-0.39, 0.29) is 23.7 Å². The molecule has 1 heterocycles. The molecule has 1 aliphatic rings. The summed E-state index contributed by atoms with van der Waals surface area (Å²) in [4.78, 5) is 2.42. The number of benzene rings is 2. The van der Waals surface area contributed by atoms with Crippen LogP contribution in [0.1, 0.15) is 50.2 Å². The molecule has 0 saturated heterocycles. The molecule has 0 bridgehead atoms. The molecule has 0 aliphatic heterocycles. The largest absolute Gasteiger partial charge is 0.376 e. The number of nitrogens with zero attached hydrogens (tertiary/aromatic N) is 2. The second-order valence-corrected chi connectivity index (χ2v) is 10.1. The number of aromatic nitrogens is 1. The number of fused-ring (bicyclic) bond motifs is 1. The third kappa shape index (κ3) is 4.30. The second kappa shape index (κ2) is 8.78. The van der Waals surface area contributed by atoms with Crippen LogP contribution in [0.5, 0.6) is 0 Å². The quantitative estimate of drug-likeness (QED) is 0.573. The molecule has 1 unspecified atom stereocenters. The van der Waals surface area contributed by atoms with Gasteiger partial charge in [0.2, 0.25) is 0 Å². The number of rotatable bonds is 7. The van der Waals surface area contributed by atoms with Crippen molar-refractivity contribution in [2.24, 2.45) is 11.1 Å². The van der Waals surface area contributed by atoms with Crippen LogP contribution in [0.4, 0.5) is 0 Å². The van der Waals surface area contributed by atoms with Crippen LogP contribution in [0.3, 0.4) is 0 Å². The number of hydrogen-bond donors (Lipinski definition) is 2. The summed E-state index contributed by atoms with van der Waals surface area (Å²) < 4.78 is 1.91. The minimum absolute atomic E-state index is 0.000426. The van der Waals surface area contributed by atoms with Crippen LogP contribution < -0.4 is 5.73 Å². The van der Waals surface area contributed by atoms with E-state index in [2.05, 4.69) is 80.6 Å². The topological polar surface area (TPSA) is 54.4 Å². The zero-order chi connectivity index (χ0) is 22.1. The molecule has 2 aromatic carbocycles. The predicted molar refractivity (Wildman–Crippen MR) is 129 cm³/mol. The van der Waals surface area contributed by atoms with E-state index in [0.29, 0.717) is 0 Å². The minimum atomic E-state index is -0.000426. The lowest BCUT2D eigenvalue weighted by Gasteiger charge is -2.49. The first-order chi connectivity index (χ1) is 14.9. The lowest BCUT2D eigenvalue weighted by atomic mass is 9.63. The first-order valence-electron chi connectivity index (χ1n) is 11.5. The lowest BCUT2D eigenvalue weighted by molar-refractivity contribution is 0.0358. The maximum atomic E-state index is 9.70. The maximum Gasteiger partial charge on any atom is 0.119 e. The minimum Gasteiger partial charge on any atom is -0.376 e. The maximum absolute atomic E-state index is 9.70. The molecule has 3 aromatic rings. The number of aliphatic hydroxyl groups excluding tert-OH is 1. The highest BCUT2D eigenvalue weighted by atomic mass is 16.3. The third-order valence-corrected chi connectivity index (χ3v) is 7.71. The summed E-state index contributed by atoms with van der Waals surface area (Å²) in [6.07, 6.45) is 8.65. The normalized spacial score (nSPS) is 25.2. The fourth-order valence-corrected chi connectivity index (χ4v) is 5.80. The molecule has 1 atom stereocenters. The van der Waals surface area contributed by atoms with Crippen molar-refractivity contribution in [3.05, 3.63) is 71.9 Å². The van der Waals surface area contributed by atoms with Crippen LogP contribution in [-0.2, 0) is 18.7 Å². The van der Waals surface area contributed by atoms with E-state index in [1.807, 2.05) is 10.6 Å². The molecular formula is C27H37N3O. The Morgan fingerprint density at radius 2 is 1.65 bits per heavy atom. The number of aliphatic hydroxyl groups is 1. The van der Waals surface area contributed by atoms with Gasteiger partial charge in [-0.2, -0.15) is 0 Å². The van der Waals surface area contributed by atoms with E-state index in [1.165, 1.54) is 29.4 Å². The SMILES string of the molecule is CN(C)C1(c2ccccc2)CCC(C)(CC(N)Cc2cn(CO)c3ccccc23)CC1. The molecule has 1 saturated carbocycles. The van der Waals surface area contributed by atoms with E-state index in [9.17, 15) is 5.11 Å². The highest BCUT2D eigenvalue weighted by Gasteiger charge is 2.43. The van der Waals surface area contributed by atoms with Gasteiger partial charge in [0.15, 0.2) is 0 Å². The van der Waals surface area contributed by atoms with E-state index < -0.39 is 0 Å². The Kier molecular flexibility index (Phi) is 6.25. The molecule has 4 heteroatoms. The van der Waals surface area contributed by atoms with Gasteiger partial charge in [0.05, 0.1) is 5.52 Å². The molecule has 4 nitrogen and oxygen atoms in total. The third-order valence-electron chi connectivity index (χ3n) is 7.71. The van der Waals surface area contributed by atoms with Gasteiger partial charge in [-0.3, -0.25) is 4.90 Å². The van der Waals surface area contributed by atoms with Crippen LogP contribution in [0, 0.1) is 5.41 Å². The number of hydrogen-bond acceptors (Lipinski definition) is 3. The molecule has 1 aliphatic carbocycles. The smallest absolute Gasteiger partial charge is 0.119 e. The van der Waals surface area contributed by atoms with Crippen molar-refractivity contribution in [3.8, 4) is 0 Å². The summed E-state index contributed by atoms with van der Waals surface area (Å²) in [5.74, 6) is 0. The zero-order valence-corrected chi connectivity index (χ0v) is 19.2. The van der Waals surface area contributed by atoms with Crippen molar-refractivity contribution in [3.63, 3.8) is 0 Å². The summed E-state index contributed by atoms with van der Waals surface area (Å²) in [7, 11) is 4.44. The van der Waals surface area contributed by atoms with Gasteiger partial charge in [-0.25, -0.2) is 0 Å². The van der Waals surface area contributed by atoms with Crippen molar-refractivity contribution in [1.82, 2.24) is 9.47 Å². The summed E-state index contributed by atoms with van der Waals surface area (Å²) in [6, 6.07) is 19.4. The van der Waals surface area contributed by atoms with E-state index in [4.69, 9.17) is 5.73 Å². The average Bonchev–Trinajstić information content (AvgIpc) is 3.12. The molecule has 4 rings (SSSR count). The van der Waals surface area contributed by atoms with Crippen molar-refractivity contribution < 1.29 is 5.11 Å². The van der Waals surface area contributed by atoms with E-state index >= 15 is 0 Å². The lowest BCUT2D eigenvalue weighted by Crippen LogP contribution is -2.47. The van der Waals surface area contributed by atoms with Gasteiger partial charge >= 0.3 is 0 Å². The summed E-state index contributed by atoms with van der Waals surface area (Å²) in [5, 5.41) is 10.9. The molecule has 1 aromatic heterocycles. The van der Waals surface area contributed by atoms with Crippen LogP contribution in [0.15, 0.2) is 60.8 Å². The Bertz CT molecular complexity index is 1000. The van der Waals surface area contributed by atoms with Gasteiger partial charge in [0.25, 0.3) is 0 Å². The van der Waals surface area contributed by atoms with Gasteiger partial charge in [0, 0.05) is 23.2 Å². The Balaban J connectivity index is 1.46. The Labute approximate surface area is 186 Å². The van der Waals surface area contributed by atoms with Crippen molar-refractivity contribution in [2.45, 2.75) is 63.8 Å². The van der Waals surface area contributed by atoms with Crippen LogP contribution in [-0.4, -0.2) is 34.7 Å². The predicted octanol–water partition coefficient (Wildman–Crippen LogP) is 4.89. The molecular weight excluding hydrogens is 382 g/mol. The average molecular weight is 420 g/mol. The summed E-state index contributed by atoms with van der Waals surface area (Å²) >= 11 is 0. The Morgan fingerprint density at radius 3 is 2.29 bits per heavy atom. The van der Waals surface area contributed by atoms with Gasteiger partial charge in [0.1, 0.15) is 6.73 Å². The molecule has 0 spiro atoms. The number of para-hydroxylation sites is 1. The highest BCUT2D eigenvalue weighted by molar-refractivity contribution is 5.84. The summed E-state index contributed by atoms with van der Waals surface area (Å²) in [6.45, 7) is 2.42. The summed E-state index contributed by atoms with van der Waals surface area (Å²) in [5.41, 5.74) is 10.9. The van der Waals surface area contributed by atoms with Gasteiger partial charge < -0.3 is 15.4 Å². The van der Waals surface area contributed by atoms with Crippen molar-refractivity contribution >= 4 is 10.9 Å². The Hall–Kier alpha value is -2.14. The van der Waals surface area contributed by atoms with Gasteiger partial charge in [-0.1, -0.05) is 55.5 Å². The standard InChI is InChI=1S/C27H37N3O/c1-26(13-15-27(16-14-26,29(2)3)22-9-5-4-6-10-22)18-23(28)17-21-19-30(20-31)25-12-8-7-11-24(21)25/h4-12,19,23,31H,13-18,20,28H2,1-3H3. The van der Waals surface area contributed by atoms with Crippen LogP contribution >= 0.6 is 0 Å². The first-order valence-corrected chi connectivity index (χ1v) is 11.5. The van der Waals surface area contributed by atoms with Crippen molar-refractivity contribution in [1.29, 1.82) is 0 Å². The molecule has 0 radical (unpaired) electrons. The van der Waals surface area contributed by atoms with E-state index in [1.54, 1.807) is 0 Å². The van der Waals surface area contributed by atoms with Crippen LogP contribution in [0.25, 0.3) is 10.9 Å². The molecule has 31 heavy (non-hydrogen) atoms. The monoisotopic (exact) mass is 419 g/mol. The van der Waals surface area contributed by atoms with Gasteiger partial charge in [-0.05, 0) is 75.2 Å². The number of nitrogens with two attached hydrogens (primary N) is 1. The van der Waals surface area contributed by atoms with Gasteiger partial charge in [-0.15, -0.1) is 0 Å². The Morgan fingerprint density at radius 1 is 1.00 bits per heavy atom. The van der Waals surface area contributed by atoms with Crippen molar-refractivity contribution in [2.75, 3.05) is 14.1 Å². The van der Waals surface area contributed by atoms with E-state index in [0.717, 1.165) is 31.2 Å². The fourth-order valence-electron chi connectivity index (χ4n) is 5.80. The molecule has 1 fully saturated rings. The molecule has 166 valence electrons. The molecule has 0 amide bonds. The highest BCUT2D eigenvalue weighted by Crippen LogP contribution is 2.49. The molecule has 3 N–H and O–H groups in total. The zero-order valence-electron chi connectivity index (χ0n) is 19.2.